The third-order valence-corrected chi connectivity index (χ3v) is 9.71. The van der Waals surface area contributed by atoms with Gasteiger partial charge in [0.15, 0.2) is 6.29 Å². The first-order valence-electron chi connectivity index (χ1n) is 19.7. The third kappa shape index (κ3) is 21.8. The predicted octanol–water partition coefficient (Wildman–Crippen LogP) is 6.83. The van der Waals surface area contributed by atoms with Crippen LogP contribution in [0.4, 0.5) is 0 Å². The summed E-state index contributed by atoms with van der Waals surface area (Å²) in [5.41, 5.74) is 0. The van der Waals surface area contributed by atoms with E-state index >= 15 is 0 Å². The maximum Gasteiger partial charge on any atom is 0.220 e. The van der Waals surface area contributed by atoms with Crippen molar-refractivity contribution in [1.29, 1.82) is 0 Å². The molecule has 47 heavy (non-hydrogen) atoms. The van der Waals surface area contributed by atoms with Crippen LogP contribution < -0.4 is 5.32 Å². The Morgan fingerprint density at radius 3 is 1.51 bits per heavy atom. The van der Waals surface area contributed by atoms with Crippen molar-refractivity contribution in [3.8, 4) is 0 Å². The van der Waals surface area contributed by atoms with Gasteiger partial charge in [-0.15, -0.1) is 0 Å². The summed E-state index contributed by atoms with van der Waals surface area (Å²) in [6, 6.07) is -0.708. The molecule has 0 aliphatic carbocycles. The summed E-state index contributed by atoms with van der Waals surface area (Å²) in [4.78, 5) is 12.8. The number of nitrogens with one attached hydrogen (secondary N) is 1. The maximum absolute atomic E-state index is 12.8. The van der Waals surface area contributed by atoms with E-state index in [4.69, 9.17) is 9.47 Å². The highest BCUT2D eigenvalue weighted by Crippen LogP contribution is 2.23. The number of aliphatic hydroxyl groups is 5. The quantitative estimate of drug-likeness (QED) is 0.0426. The minimum Gasteiger partial charge on any atom is -0.394 e. The van der Waals surface area contributed by atoms with Gasteiger partial charge in [0.25, 0.3) is 0 Å². The molecule has 1 heterocycles. The van der Waals surface area contributed by atoms with Gasteiger partial charge < -0.3 is 40.3 Å². The molecular formula is C38H75NO8. The molecule has 1 saturated heterocycles. The number of aliphatic hydroxyl groups excluding tert-OH is 5. The van der Waals surface area contributed by atoms with Crippen LogP contribution in [-0.4, -0.2) is 87.5 Å². The second kappa shape index (κ2) is 30.1. The molecular weight excluding hydrogens is 598 g/mol. The van der Waals surface area contributed by atoms with Gasteiger partial charge in [-0.25, -0.2) is 0 Å². The molecule has 2 unspecified atom stereocenters. The first kappa shape index (κ1) is 44.2. The minimum absolute atomic E-state index is 0.133. The molecule has 0 aromatic heterocycles. The first-order chi connectivity index (χ1) is 22.8. The Morgan fingerprint density at radius 2 is 1.06 bits per heavy atom. The van der Waals surface area contributed by atoms with Gasteiger partial charge in [0.1, 0.15) is 24.4 Å². The molecule has 7 atom stereocenters. The topological polar surface area (TPSA) is 149 Å². The highest BCUT2D eigenvalue weighted by Gasteiger charge is 2.44. The molecule has 1 fully saturated rings. The molecule has 6 N–H and O–H groups in total. The highest BCUT2D eigenvalue weighted by atomic mass is 16.7. The molecule has 280 valence electrons. The molecule has 0 saturated carbocycles. The zero-order valence-corrected chi connectivity index (χ0v) is 30.3. The van der Waals surface area contributed by atoms with Crippen molar-refractivity contribution < 1.29 is 39.8 Å². The number of amides is 1. The van der Waals surface area contributed by atoms with Gasteiger partial charge in [-0.3, -0.25) is 4.79 Å². The molecule has 9 heteroatoms. The lowest BCUT2D eigenvalue weighted by molar-refractivity contribution is -0.302. The normalized spacial score (nSPS) is 22.7. The van der Waals surface area contributed by atoms with Gasteiger partial charge in [-0.2, -0.15) is 0 Å². The van der Waals surface area contributed by atoms with Crippen molar-refractivity contribution in [3.63, 3.8) is 0 Å². The van der Waals surface area contributed by atoms with Crippen molar-refractivity contribution in [3.05, 3.63) is 0 Å². The van der Waals surface area contributed by atoms with Crippen molar-refractivity contribution in [2.45, 2.75) is 224 Å². The van der Waals surface area contributed by atoms with Crippen molar-refractivity contribution in [1.82, 2.24) is 5.32 Å². The molecule has 0 bridgehead atoms. The number of carbonyl (C=O) groups excluding carboxylic acids is 1. The van der Waals surface area contributed by atoms with E-state index in [1.165, 1.54) is 116 Å². The zero-order valence-electron chi connectivity index (χ0n) is 30.3. The Balaban J connectivity index is 2.36. The molecule has 1 rings (SSSR count). The van der Waals surface area contributed by atoms with E-state index in [0.717, 1.165) is 38.5 Å². The molecule has 0 spiro atoms. The van der Waals surface area contributed by atoms with Gasteiger partial charge in [0.2, 0.25) is 5.91 Å². The fourth-order valence-electron chi connectivity index (χ4n) is 6.45. The van der Waals surface area contributed by atoms with Gasteiger partial charge in [0.05, 0.1) is 25.4 Å². The average molecular weight is 674 g/mol. The van der Waals surface area contributed by atoms with Crippen molar-refractivity contribution in [2.75, 3.05) is 13.2 Å². The van der Waals surface area contributed by atoms with E-state index in [1.54, 1.807) is 0 Å². The number of hydrogen-bond donors (Lipinski definition) is 6. The number of unbranched alkanes of at least 4 members (excludes halogenated alkanes) is 22. The molecule has 9 nitrogen and oxygen atoms in total. The SMILES string of the molecule is CCCCCCCCCCCCCCCCCC[C@@H](O)[C@H](CO[C@@H]1O[C@H](CO)[C@@H](O)C(O)C1O)NC(=O)CCCCCCCCCC. The molecule has 0 aromatic carbocycles. The first-order valence-corrected chi connectivity index (χ1v) is 19.7. The fraction of sp³-hybridized carbons (Fsp3) is 0.974. The summed E-state index contributed by atoms with van der Waals surface area (Å²) < 4.78 is 11.2. The number of carbonyl (C=O) groups is 1. The highest BCUT2D eigenvalue weighted by molar-refractivity contribution is 5.76. The van der Waals surface area contributed by atoms with Gasteiger partial charge >= 0.3 is 0 Å². The third-order valence-electron chi connectivity index (χ3n) is 9.71. The van der Waals surface area contributed by atoms with Gasteiger partial charge in [-0.05, 0) is 12.8 Å². The fourth-order valence-corrected chi connectivity index (χ4v) is 6.45. The largest absolute Gasteiger partial charge is 0.394 e. The van der Waals surface area contributed by atoms with Crippen LogP contribution in [0.1, 0.15) is 181 Å². The predicted molar refractivity (Wildman–Crippen MR) is 189 cm³/mol. The van der Waals surface area contributed by atoms with Gasteiger partial charge in [0, 0.05) is 6.42 Å². The van der Waals surface area contributed by atoms with Crippen LogP contribution in [-0.2, 0) is 14.3 Å². The summed E-state index contributed by atoms with van der Waals surface area (Å²) >= 11 is 0. The van der Waals surface area contributed by atoms with E-state index < -0.39 is 49.5 Å². The zero-order chi connectivity index (χ0) is 34.5. The summed E-state index contributed by atoms with van der Waals surface area (Å²) in [5, 5.41) is 54.0. The van der Waals surface area contributed by atoms with Crippen LogP contribution >= 0.6 is 0 Å². The Labute approximate surface area is 287 Å². The monoisotopic (exact) mass is 674 g/mol. The van der Waals surface area contributed by atoms with Gasteiger partial charge in [-0.1, -0.05) is 162 Å². The smallest absolute Gasteiger partial charge is 0.220 e. The Kier molecular flexibility index (Phi) is 28.3. The molecule has 0 aromatic rings. The van der Waals surface area contributed by atoms with E-state index in [-0.39, 0.29) is 12.5 Å². The Bertz CT molecular complexity index is 711. The standard InChI is InChI=1S/C38H75NO8/c1-3-5-7-9-11-13-14-15-16-17-18-19-20-21-23-25-27-32(41)31(39-34(42)28-26-24-22-12-10-8-6-4-2)30-46-38-37(45)36(44)35(43)33(29-40)47-38/h31-33,35-38,40-41,43-45H,3-30H2,1-2H3,(H,39,42)/t31-,32+,33+,35+,36?,37?,38+/m0/s1. The number of hydrogen-bond acceptors (Lipinski definition) is 8. The van der Waals surface area contributed by atoms with Crippen LogP contribution in [0.5, 0.6) is 0 Å². The Morgan fingerprint density at radius 1 is 0.638 bits per heavy atom. The molecule has 1 aliphatic rings. The van der Waals surface area contributed by atoms with E-state index in [2.05, 4.69) is 19.2 Å². The molecule has 1 amide bonds. The van der Waals surface area contributed by atoms with E-state index in [1.807, 2.05) is 0 Å². The average Bonchev–Trinajstić information content (AvgIpc) is 3.07. The van der Waals surface area contributed by atoms with Crippen molar-refractivity contribution >= 4 is 5.91 Å². The lowest BCUT2D eigenvalue weighted by Gasteiger charge is -2.40. The van der Waals surface area contributed by atoms with Crippen LogP contribution in [0.25, 0.3) is 0 Å². The molecule has 1 aliphatic heterocycles. The summed E-state index contributed by atoms with van der Waals surface area (Å²) in [6.07, 6.45) is 22.6. The molecule has 0 radical (unpaired) electrons. The Hall–Kier alpha value is -0.810. The minimum atomic E-state index is -1.55. The van der Waals surface area contributed by atoms with Crippen LogP contribution in [0.3, 0.4) is 0 Å². The summed E-state index contributed by atoms with van der Waals surface area (Å²) in [7, 11) is 0. The lowest BCUT2D eigenvalue weighted by Crippen LogP contribution is -2.60. The number of rotatable bonds is 32. The van der Waals surface area contributed by atoms with Crippen molar-refractivity contribution in [2.24, 2.45) is 0 Å². The maximum atomic E-state index is 12.8. The van der Waals surface area contributed by atoms with E-state index in [9.17, 15) is 30.3 Å². The van der Waals surface area contributed by atoms with Crippen LogP contribution in [0.2, 0.25) is 0 Å². The van der Waals surface area contributed by atoms with Crippen LogP contribution in [0.15, 0.2) is 0 Å². The summed E-state index contributed by atoms with van der Waals surface area (Å²) in [6.45, 7) is 3.79. The second-order valence-electron chi connectivity index (χ2n) is 14.1. The summed E-state index contributed by atoms with van der Waals surface area (Å²) in [5.74, 6) is -0.149. The number of ether oxygens (including phenoxy) is 2. The second-order valence-corrected chi connectivity index (χ2v) is 14.1. The van der Waals surface area contributed by atoms with E-state index in [0.29, 0.717) is 12.8 Å². The lowest BCUT2D eigenvalue weighted by atomic mass is 9.99. The van der Waals surface area contributed by atoms with Crippen LogP contribution in [0, 0.1) is 0 Å².